The number of fused-ring (bicyclic) bond motifs is 1. The second-order valence-electron chi connectivity index (χ2n) is 10.1. The maximum absolute atomic E-state index is 12.7. The van der Waals surface area contributed by atoms with Gasteiger partial charge < -0.3 is 31.0 Å². The van der Waals surface area contributed by atoms with Crippen LogP contribution in [0.1, 0.15) is 61.0 Å². The van der Waals surface area contributed by atoms with E-state index in [0.717, 1.165) is 39.0 Å². The summed E-state index contributed by atoms with van der Waals surface area (Å²) < 4.78 is 5.30. The quantitative estimate of drug-likeness (QED) is 0.188. The van der Waals surface area contributed by atoms with Gasteiger partial charge in [0.05, 0.1) is 23.4 Å². The van der Waals surface area contributed by atoms with E-state index in [4.69, 9.17) is 22.1 Å². The van der Waals surface area contributed by atoms with Crippen molar-refractivity contribution in [2.24, 2.45) is 5.92 Å². The number of rotatable bonds is 12. The number of hydrogen-bond donors (Lipinski definition) is 4. The van der Waals surface area contributed by atoms with Gasteiger partial charge in [0.15, 0.2) is 0 Å². The highest BCUT2D eigenvalue weighted by atomic mass is 35.5. The number of nitrogens with one attached hydrogen (secondary N) is 3. The number of H-pyrrole nitrogens is 1. The molecule has 1 saturated heterocycles. The molecule has 3 aromatic rings. The molecule has 1 aromatic heterocycles. The molecule has 200 valence electrons. The van der Waals surface area contributed by atoms with Crippen molar-refractivity contribution in [3.05, 3.63) is 58.7 Å². The summed E-state index contributed by atoms with van der Waals surface area (Å²) in [6.45, 7) is 7.27. The van der Waals surface area contributed by atoms with Gasteiger partial charge >= 0.3 is 0 Å². The van der Waals surface area contributed by atoms with E-state index in [9.17, 15) is 4.79 Å². The topological polar surface area (TPSA) is 95.4 Å². The van der Waals surface area contributed by atoms with Crippen LogP contribution in [0, 0.1) is 5.92 Å². The van der Waals surface area contributed by atoms with Gasteiger partial charge in [-0.05, 0) is 82.4 Å². The van der Waals surface area contributed by atoms with E-state index in [2.05, 4.69) is 57.9 Å². The smallest absolute Gasteiger partial charge is 0.255 e. The number of anilines is 1. The lowest BCUT2D eigenvalue weighted by Crippen LogP contribution is -2.39. The van der Waals surface area contributed by atoms with Crippen LogP contribution in [0.4, 0.5) is 5.69 Å². The minimum atomic E-state index is -0.172. The van der Waals surface area contributed by atoms with Crippen LogP contribution in [0.3, 0.4) is 0 Å². The molecular formula is C29H40ClN5O2. The number of methoxy groups -OCH3 is 1. The number of piperidine rings is 1. The number of nitrogen functional groups attached to an aromatic ring is 1. The lowest BCUT2D eigenvalue weighted by Gasteiger charge is -2.32. The average molecular weight is 526 g/mol. The lowest BCUT2D eigenvalue weighted by atomic mass is 9.96. The van der Waals surface area contributed by atoms with Gasteiger partial charge in [-0.15, -0.1) is 0 Å². The van der Waals surface area contributed by atoms with E-state index in [1.165, 1.54) is 42.8 Å². The van der Waals surface area contributed by atoms with E-state index in [0.29, 0.717) is 40.5 Å². The number of nitrogens with zero attached hydrogens (tertiary/aromatic N) is 1. The Morgan fingerprint density at radius 2 is 2.00 bits per heavy atom. The van der Waals surface area contributed by atoms with Crippen molar-refractivity contribution in [1.29, 1.82) is 0 Å². The summed E-state index contributed by atoms with van der Waals surface area (Å²) in [4.78, 5) is 18.6. The minimum absolute atomic E-state index is 0.172. The summed E-state index contributed by atoms with van der Waals surface area (Å²) in [7, 11) is 1.53. The molecule has 1 unspecified atom stereocenters. The standard InChI is InChI=1S/C29H40ClN5O2/c1-20(24-19-33-27-9-5-4-8-22(24)27)32-12-6-3-7-13-35-14-10-21(11-15-35)18-34-29(36)23-16-25(30)26(31)17-28(23)37-2/h4-5,8-9,16-17,19-21,32-33H,3,6-7,10-15,18,31H2,1-2H3,(H,34,36). The van der Waals surface area contributed by atoms with Crippen molar-refractivity contribution in [2.75, 3.05) is 45.6 Å². The zero-order chi connectivity index (χ0) is 26.2. The van der Waals surface area contributed by atoms with Crippen LogP contribution in [0.2, 0.25) is 5.02 Å². The molecule has 2 heterocycles. The summed E-state index contributed by atoms with van der Waals surface area (Å²) in [5.74, 6) is 0.760. The molecule has 1 amide bonds. The maximum atomic E-state index is 12.7. The van der Waals surface area contributed by atoms with E-state index in [1.54, 1.807) is 12.1 Å². The first-order chi connectivity index (χ1) is 18.0. The number of amides is 1. The van der Waals surface area contributed by atoms with Gasteiger partial charge in [0.2, 0.25) is 0 Å². The second kappa shape index (κ2) is 13.2. The van der Waals surface area contributed by atoms with Crippen LogP contribution in [0.15, 0.2) is 42.6 Å². The number of unbranched alkanes of at least 4 members (excludes halogenated alkanes) is 2. The highest BCUT2D eigenvalue weighted by Crippen LogP contribution is 2.29. The Labute approximate surface area is 225 Å². The minimum Gasteiger partial charge on any atom is -0.496 e. The van der Waals surface area contributed by atoms with Gasteiger partial charge in [0.25, 0.3) is 5.91 Å². The molecule has 0 bridgehead atoms. The normalized spacial score (nSPS) is 15.6. The number of halogens is 1. The van der Waals surface area contributed by atoms with Gasteiger partial charge in [-0.25, -0.2) is 0 Å². The second-order valence-corrected chi connectivity index (χ2v) is 10.5. The van der Waals surface area contributed by atoms with Crippen LogP contribution < -0.4 is 21.1 Å². The first-order valence-electron chi connectivity index (χ1n) is 13.4. The maximum Gasteiger partial charge on any atom is 0.255 e. The Kier molecular flexibility index (Phi) is 9.72. The van der Waals surface area contributed by atoms with Crippen molar-refractivity contribution in [3.8, 4) is 5.75 Å². The number of aromatic amines is 1. The molecule has 1 aliphatic rings. The monoisotopic (exact) mass is 525 g/mol. The fraction of sp³-hybridized carbons (Fsp3) is 0.483. The molecule has 1 aliphatic heterocycles. The SMILES string of the molecule is COc1cc(N)c(Cl)cc1C(=O)NCC1CCN(CCCCCNC(C)c2c[nH]c3ccccc23)CC1. The number of aromatic nitrogens is 1. The highest BCUT2D eigenvalue weighted by Gasteiger charge is 2.21. The van der Waals surface area contributed by atoms with Crippen molar-refractivity contribution in [3.63, 3.8) is 0 Å². The first kappa shape index (κ1) is 27.3. The van der Waals surface area contributed by atoms with Gasteiger partial charge in [0, 0.05) is 35.8 Å². The van der Waals surface area contributed by atoms with Crippen molar-refractivity contribution in [1.82, 2.24) is 20.5 Å². The molecule has 0 radical (unpaired) electrons. The van der Waals surface area contributed by atoms with Gasteiger partial charge in [-0.2, -0.15) is 0 Å². The number of carbonyl (C=O) groups is 1. The fourth-order valence-electron chi connectivity index (χ4n) is 5.18. The molecule has 1 atom stereocenters. The molecule has 7 nitrogen and oxygen atoms in total. The van der Waals surface area contributed by atoms with E-state index >= 15 is 0 Å². The van der Waals surface area contributed by atoms with Gasteiger partial charge in [-0.3, -0.25) is 4.79 Å². The summed E-state index contributed by atoms with van der Waals surface area (Å²) in [6, 6.07) is 12.0. The largest absolute Gasteiger partial charge is 0.496 e. The molecule has 37 heavy (non-hydrogen) atoms. The number of hydrogen-bond acceptors (Lipinski definition) is 5. The summed E-state index contributed by atoms with van der Waals surface area (Å²) in [6.07, 6.45) is 7.97. The fourth-order valence-corrected chi connectivity index (χ4v) is 5.34. The van der Waals surface area contributed by atoms with Crippen LogP contribution in [0.5, 0.6) is 5.75 Å². The Morgan fingerprint density at radius 1 is 1.22 bits per heavy atom. The summed E-state index contributed by atoms with van der Waals surface area (Å²) >= 11 is 6.10. The molecule has 2 aromatic carbocycles. The third-order valence-electron chi connectivity index (χ3n) is 7.51. The molecule has 0 aliphatic carbocycles. The van der Waals surface area contributed by atoms with Crippen molar-refractivity contribution < 1.29 is 9.53 Å². The highest BCUT2D eigenvalue weighted by molar-refractivity contribution is 6.33. The number of carbonyl (C=O) groups excluding carboxylic acids is 1. The number of nitrogens with two attached hydrogens (primary N) is 1. The van der Waals surface area contributed by atoms with E-state index in [-0.39, 0.29) is 5.91 Å². The van der Waals surface area contributed by atoms with Crippen LogP contribution in [-0.4, -0.2) is 55.6 Å². The molecule has 0 spiro atoms. The first-order valence-corrected chi connectivity index (χ1v) is 13.8. The number of para-hydroxylation sites is 1. The van der Waals surface area contributed by atoms with E-state index in [1.807, 2.05) is 0 Å². The van der Waals surface area contributed by atoms with Crippen LogP contribution in [0.25, 0.3) is 10.9 Å². The third kappa shape index (κ3) is 7.18. The zero-order valence-corrected chi connectivity index (χ0v) is 22.7. The van der Waals surface area contributed by atoms with Crippen LogP contribution in [-0.2, 0) is 0 Å². The molecule has 1 fully saturated rings. The third-order valence-corrected chi connectivity index (χ3v) is 7.84. The number of likely N-dealkylation sites (tertiary alicyclic amines) is 1. The van der Waals surface area contributed by atoms with Crippen molar-refractivity contribution in [2.45, 2.75) is 45.1 Å². The molecule has 4 rings (SSSR count). The van der Waals surface area contributed by atoms with Crippen molar-refractivity contribution >= 4 is 34.1 Å². The number of benzene rings is 2. The van der Waals surface area contributed by atoms with Gasteiger partial charge in [0.1, 0.15) is 5.75 Å². The molecule has 8 heteroatoms. The Morgan fingerprint density at radius 3 is 2.78 bits per heavy atom. The summed E-state index contributed by atoms with van der Waals surface area (Å²) in [5, 5.41) is 8.40. The Bertz CT molecular complexity index is 1170. The van der Waals surface area contributed by atoms with E-state index < -0.39 is 0 Å². The predicted octanol–water partition coefficient (Wildman–Crippen LogP) is 5.38. The average Bonchev–Trinajstić information content (AvgIpc) is 3.35. The Hall–Kier alpha value is -2.74. The Balaban J connectivity index is 1.08. The molecule has 5 N–H and O–H groups in total. The van der Waals surface area contributed by atoms with Gasteiger partial charge in [-0.1, -0.05) is 36.2 Å². The summed E-state index contributed by atoms with van der Waals surface area (Å²) in [5.41, 5.74) is 9.18. The van der Waals surface area contributed by atoms with Crippen LogP contribution >= 0.6 is 11.6 Å². The lowest BCUT2D eigenvalue weighted by molar-refractivity contribution is 0.0933. The number of ether oxygens (including phenoxy) is 1. The molecule has 0 saturated carbocycles. The predicted molar refractivity (Wildman–Crippen MR) is 152 cm³/mol. The zero-order valence-electron chi connectivity index (χ0n) is 22.0. The molecular weight excluding hydrogens is 486 g/mol.